The quantitative estimate of drug-likeness (QED) is 0.489. The number of ether oxygens (including phenoxy) is 1. The summed E-state index contributed by atoms with van der Waals surface area (Å²) in [6, 6.07) is 5.85. The highest BCUT2D eigenvalue weighted by Gasteiger charge is 2.15. The largest absolute Gasteiger partial charge is 0.468 e. The van der Waals surface area contributed by atoms with Crippen LogP contribution in [0.15, 0.2) is 24.3 Å². The summed E-state index contributed by atoms with van der Waals surface area (Å²) in [5, 5.41) is 2.60. The number of nitrogens with one attached hydrogen (secondary N) is 1. The molecule has 4 nitrogen and oxygen atoms in total. The summed E-state index contributed by atoms with van der Waals surface area (Å²) in [7, 11) is 1.29. The molecule has 18 heavy (non-hydrogen) atoms. The van der Waals surface area contributed by atoms with Crippen LogP contribution < -0.4 is 5.32 Å². The minimum absolute atomic E-state index is 0.0856. The van der Waals surface area contributed by atoms with Gasteiger partial charge in [0.15, 0.2) is 0 Å². The van der Waals surface area contributed by atoms with Crippen molar-refractivity contribution in [2.75, 3.05) is 13.7 Å². The molecule has 6 heteroatoms. The molecule has 1 atom stereocenters. The molecule has 0 aliphatic heterocycles. The van der Waals surface area contributed by atoms with E-state index in [9.17, 15) is 14.0 Å². The average Bonchev–Trinajstić information content (AvgIpc) is 2.35. The second-order valence-electron chi connectivity index (χ2n) is 3.60. The predicted molar refractivity (Wildman–Crippen MR) is 72.9 cm³/mol. The topological polar surface area (TPSA) is 55.4 Å². The molecule has 1 N–H and O–H groups in total. The molecule has 0 aromatic heterocycles. The Labute approximate surface area is 118 Å². The maximum atomic E-state index is 12.9. The third-order valence-corrected chi connectivity index (χ3v) is 3.14. The highest BCUT2D eigenvalue weighted by Crippen LogP contribution is 2.05. The van der Waals surface area contributed by atoms with Crippen molar-refractivity contribution < 1.29 is 18.7 Å². The zero-order valence-corrected chi connectivity index (χ0v) is 11.9. The average molecular weight is 365 g/mol. The molecule has 0 saturated heterocycles. The molecule has 0 heterocycles. The Kier molecular flexibility index (Phi) is 6.03. The van der Waals surface area contributed by atoms with Crippen LogP contribution in [0.2, 0.25) is 0 Å². The van der Waals surface area contributed by atoms with Gasteiger partial charge in [0.25, 0.3) is 0 Å². The third-order valence-electron chi connectivity index (χ3n) is 2.19. The Bertz CT molecular complexity index is 439. The number of halogens is 2. The van der Waals surface area contributed by atoms with Crippen LogP contribution >= 0.6 is 22.6 Å². The van der Waals surface area contributed by atoms with Crippen molar-refractivity contribution in [1.82, 2.24) is 5.32 Å². The standard InChI is InChI=1S/C12H13FINO3/c1-18-12(17)10(14)7-15-11(16)6-8-3-2-4-9(13)5-8/h2-5,10H,6-7H2,1H3,(H,15,16). The van der Waals surface area contributed by atoms with E-state index in [-0.39, 0.29) is 30.7 Å². The van der Waals surface area contributed by atoms with Gasteiger partial charge in [-0.15, -0.1) is 0 Å². The number of rotatable bonds is 5. The second-order valence-corrected chi connectivity index (χ2v) is 5.11. The highest BCUT2D eigenvalue weighted by atomic mass is 127. The van der Waals surface area contributed by atoms with Crippen molar-refractivity contribution in [2.24, 2.45) is 0 Å². The van der Waals surface area contributed by atoms with Crippen LogP contribution in [0.5, 0.6) is 0 Å². The lowest BCUT2D eigenvalue weighted by molar-refractivity contribution is -0.139. The van der Waals surface area contributed by atoms with Gasteiger partial charge in [0.05, 0.1) is 13.5 Å². The fourth-order valence-electron chi connectivity index (χ4n) is 1.31. The summed E-state index contributed by atoms with van der Waals surface area (Å²) < 4.78 is 17.0. The Morgan fingerprint density at radius 1 is 1.50 bits per heavy atom. The number of methoxy groups -OCH3 is 1. The van der Waals surface area contributed by atoms with Gasteiger partial charge in [0, 0.05) is 6.54 Å². The number of amides is 1. The second kappa shape index (κ2) is 7.30. The molecule has 98 valence electrons. The summed E-state index contributed by atoms with van der Waals surface area (Å²) in [6.45, 7) is 0.196. The Hall–Kier alpha value is -1.18. The van der Waals surface area contributed by atoms with Gasteiger partial charge in [-0.2, -0.15) is 0 Å². The van der Waals surface area contributed by atoms with E-state index in [0.717, 1.165) is 0 Å². The lowest BCUT2D eigenvalue weighted by atomic mass is 10.1. The number of hydrogen-bond acceptors (Lipinski definition) is 3. The van der Waals surface area contributed by atoms with Gasteiger partial charge in [0.2, 0.25) is 5.91 Å². The molecule has 1 aromatic carbocycles. The molecular formula is C12H13FINO3. The van der Waals surface area contributed by atoms with Crippen molar-refractivity contribution in [1.29, 1.82) is 0 Å². The summed E-state index contributed by atoms with van der Waals surface area (Å²) in [6.07, 6.45) is 0.0856. The van der Waals surface area contributed by atoms with Gasteiger partial charge >= 0.3 is 5.97 Å². The summed E-state index contributed by atoms with van der Waals surface area (Å²) in [5.41, 5.74) is 0.593. The molecule has 0 saturated carbocycles. The van der Waals surface area contributed by atoms with Crippen molar-refractivity contribution in [3.8, 4) is 0 Å². The maximum Gasteiger partial charge on any atom is 0.320 e. The Morgan fingerprint density at radius 2 is 2.22 bits per heavy atom. The number of esters is 1. The fourth-order valence-corrected chi connectivity index (χ4v) is 1.78. The minimum atomic E-state index is -0.427. The van der Waals surface area contributed by atoms with Crippen molar-refractivity contribution in [3.05, 3.63) is 35.6 Å². The predicted octanol–water partition coefficient (Wildman–Crippen LogP) is 1.46. The normalized spacial score (nSPS) is 11.7. The van der Waals surface area contributed by atoms with Crippen molar-refractivity contribution in [2.45, 2.75) is 10.3 Å². The smallest absolute Gasteiger partial charge is 0.320 e. The third kappa shape index (κ3) is 4.99. The van der Waals surface area contributed by atoms with E-state index >= 15 is 0 Å². The van der Waals surface area contributed by atoms with Crippen molar-refractivity contribution in [3.63, 3.8) is 0 Å². The van der Waals surface area contributed by atoms with Crippen LogP contribution in [0.25, 0.3) is 0 Å². The van der Waals surface area contributed by atoms with Crippen LogP contribution in [0.1, 0.15) is 5.56 Å². The van der Waals surface area contributed by atoms with Gasteiger partial charge in [-0.3, -0.25) is 9.59 Å². The number of alkyl halides is 1. The molecular weight excluding hydrogens is 352 g/mol. The Balaban J connectivity index is 2.41. The van der Waals surface area contributed by atoms with Gasteiger partial charge in [-0.05, 0) is 17.7 Å². The first-order valence-corrected chi connectivity index (χ1v) is 6.50. The lowest BCUT2D eigenvalue weighted by Gasteiger charge is -2.09. The van der Waals surface area contributed by atoms with E-state index in [0.29, 0.717) is 5.56 Å². The minimum Gasteiger partial charge on any atom is -0.468 e. The molecule has 1 aromatic rings. The molecule has 0 radical (unpaired) electrons. The monoisotopic (exact) mass is 365 g/mol. The van der Waals surface area contributed by atoms with Crippen LogP contribution in [0.3, 0.4) is 0 Å². The number of carbonyl (C=O) groups excluding carboxylic acids is 2. The highest BCUT2D eigenvalue weighted by molar-refractivity contribution is 14.1. The number of benzene rings is 1. The van der Waals surface area contributed by atoms with Crippen molar-refractivity contribution >= 4 is 34.5 Å². The van der Waals surface area contributed by atoms with E-state index in [1.165, 1.54) is 19.2 Å². The number of hydrogen-bond donors (Lipinski definition) is 1. The molecule has 0 aliphatic rings. The zero-order chi connectivity index (χ0) is 13.5. The molecule has 1 unspecified atom stereocenters. The zero-order valence-electron chi connectivity index (χ0n) is 9.78. The molecule has 0 spiro atoms. The van der Waals surface area contributed by atoms with E-state index in [1.54, 1.807) is 12.1 Å². The van der Waals surface area contributed by atoms with Crippen LogP contribution in [-0.2, 0) is 20.7 Å². The first kappa shape index (κ1) is 14.9. The summed E-state index contributed by atoms with van der Waals surface area (Å²) in [5.74, 6) is -1.02. The van der Waals surface area contributed by atoms with Gasteiger partial charge in [0.1, 0.15) is 9.74 Å². The first-order chi connectivity index (χ1) is 8.52. The van der Waals surface area contributed by atoms with E-state index in [2.05, 4.69) is 10.1 Å². The Morgan fingerprint density at radius 3 is 2.83 bits per heavy atom. The first-order valence-electron chi connectivity index (χ1n) is 5.26. The van der Waals surface area contributed by atoms with Crippen LogP contribution in [0.4, 0.5) is 4.39 Å². The molecule has 1 amide bonds. The molecule has 1 rings (SSSR count). The van der Waals surface area contributed by atoms with Crippen LogP contribution in [0, 0.1) is 5.82 Å². The SMILES string of the molecule is COC(=O)C(I)CNC(=O)Cc1cccc(F)c1. The van der Waals surface area contributed by atoms with Gasteiger partial charge < -0.3 is 10.1 Å². The van der Waals surface area contributed by atoms with Gasteiger partial charge in [-0.1, -0.05) is 34.7 Å². The molecule has 0 aliphatic carbocycles. The maximum absolute atomic E-state index is 12.9. The molecule has 0 bridgehead atoms. The summed E-state index contributed by atoms with van der Waals surface area (Å²) in [4.78, 5) is 22.6. The summed E-state index contributed by atoms with van der Waals surface area (Å²) >= 11 is 1.89. The van der Waals surface area contributed by atoms with E-state index < -0.39 is 3.92 Å². The van der Waals surface area contributed by atoms with Crippen LogP contribution in [-0.4, -0.2) is 29.5 Å². The lowest BCUT2D eigenvalue weighted by Crippen LogP contribution is -2.34. The van der Waals surface area contributed by atoms with E-state index in [1.807, 2.05) is 22.6 Å². The molecule has 0 fully saturated rings. The fraction of sp³-hybridized carbons (Fsp3) is 0.333. The van der Waals surface area contributed by atoms with E-state index in [4.69, 9.17) is 0 Å². The number of carbonyl (C=O) groups is 2. The van der Waals surface area contributed by atoms with Gasteiger partial charge in [-0.25, -0.2) is 4.39 Å².